The Balaban J connectivity index is 2.43. The topological polar surface area (TPSA) is 86.8 Å². The lowest BCUT2D eigenvalue weighted by molar-refractivity contribution is -0.140. The SMILES string of the molecule is CC[C@@H](C)NC(=O)[C@@H](CC)N(Cc1ccccc1)C(=O)CN(c1ccc(Cl)c(Cl)c1)S(C)(=O)=O. The molecule has 2 amide bonds. The van der Waals surface area contributed by atoms with E-state index in [1.165, 1.54) is 23.1 Å². The highest BCUT2D eigenvalue weighted by Gasteiger charge is 2.32. The summed E-state index contributed by atoms with van der Waals surface area (Å²) in [6.07, 6.45) is 2.12. The molecule has 0 aromatic heterocycles. The predicted molar refractivity (Wildman–Crippen MR) is 138 cm³/mol. The monoisotopic (exact) mass is 527 g/mol. The van der Waals surface area contributed by atoms with E-state index >= 15 is 0 Å². The molecule has 2 aromatic carbocycles. The van der Waals surface area contributed by atoms with Crippen molar-refractivity contribution in [2.45, 2.75) is 52.2 Å². The minimum atomic E-state index is -3.84. The molecule has 34 heavy (non-hydrogen) atoms. The third kappa shape index (κ3) is 7.61. The van der Waals surface area contributed by atoms with Gasteiger partial charge in [0.2, 0.25) is 21.8 Å². The number of carbonyl (C=O) groups excluding carboxylic acids is 2. The Kier molecular flexibility index (Phi) is 10.2. The Morgan fingerprint density at radius 1 is 1.00 bits per heavy atom. The van der Waals surface area contributed by atoms with E-state index < -0.39 is 28.5 Å². The summed E-state index contributed by atoms with van der Waals surface area (Å²) in [6.45, 7) is 5.34. The average Bonchev–Trinajstić information content (AvgIpc) is 2.78. The molecule has 0 saturated heterocycles. The molecule has 0 unspecified atom stereocenters. The molecule has 7 nitrogen and oxygen atoms in total. The van der Waals surface area contributed by atoms with E-state index in [9.17, 15) is 18.0 Å². The number of halogens is 2. The van der Waals surface area contributed by atoms with Crippen molar-refractivity contribution in [3.05, 3.63) is 64.1 Å². The van der Waals surface area contributed by atoms with Crippen LogP contribution in [-0.2, 0) is 26.2 Å². The number of nitrogens with zero attached hydrogens (tertiary/aromatic N) is 2. The van der Waals surface area contributed by atoms with E-state index in [1.807, 2.05) is 51.1 Å². The Bertz CT molecular complexity index is 1100. The summed E-state index contributed by atoms with van der Waals surface area (Å²) in [5.74, 6) is -0.784. The fourth-order valence-electron chi connectivity index (χ4n) is 3.39. The number of nitrogens with one attached hydrogen (secondary N) is 1. The van der Waals surface area contributed by atoms with Crippen molar-refractivity contribution in [3.63, 3.8) is 0 Å². The molecule has 1 N–H and O–H groups in total. The van der Waals surface area contributed by atoms with Crippen molar-refractivity contribution < 1.29 is 18.0 Å². The molecular weight excluding hydrogens is 497 g/mol. The van der Waals surface area contributed by atoms with Gasteiger partial charge in [-0.3, -0.25) is 13.9 Å². The zero-order valence-electron chi connectivity index (χ0n) is 19.8. The average molecular weight is 529 g/mol. The van der Waals surface area contributed by atoms with Gasteiger partial charge in [-0.25, -0.2) is 8.42 Å². The Hall–Kier alpha value is -2.29. The van der Waals surface area contributed by atoms with Crippen LogP contribution in [0.2, 0.25) is 10.0 Å². The second-order valence-electron chi connectivity index (χ2n) is 8.12. The van der Waals surface area contributed by atoms with E-state index in [2.05, 4.69) is 5.32 Å². The molecule has 0 spiro atoms. The maximum atomic E-state index is 13.6. The van der Waals surface area contributed by atoms with E-state index in [1.54, 1.807) is 0 Å². The molecule has 2 atom stereocenters. The quantitative estimate of drug-likeness (QED) is 0.466. The maximum absolute atomic E-state index is 13.6. The lowest BCUT2D eigenvalue weighted by atomic mass is 10.1. The van der Waals surface area contributed by atoms with Crippen LogP contribution in [0.4, 0.5) is 5.69 Å². The van der Waals surface area contributed by atoms with Crippen molar-refractivity contribution >= 4 is 50.7 Å². The van der Waals surface area contributed by atoms with Gasteiger partial charge in [-0.05, 0) is 43.5 Å². The summed E-state index contributed by atoms with van der Waals surface area (Å²) in [5.41, 5.74) is 1.04. The van der Waals surface area contributed by atoms with E-state index in [-0.39, 0.29) is 34.2 Å². The molecule has 10 heteroatoms. The number of sulfonamides is 1. The molecule has 0 aliphatic heterocycles. The molecule has 0 aliphatic rings. The number of rotatable bonds is 11. The van der Waals surface area contributed by atoms with Crippen LogP contribution in [0, 0.1) is 0 Å². The first kappa shape index (κ1) is 28.0. The number of carbonyl (C=O) groups is 2. The highest BCUT2D eigenvalue weighted by Crippen LogP contribution is 2.28. The van der Waals surface area contributed by atoms with Crippen molar-refractivity contribution in [2.75, 3.05) is 17.1 Å². The summed E-state index contributed by atoms with van der Waals surface area (Å²) in [5, 5.41) is 3.37. The molecule has 186 valence electrons. The van der Waals surface area contributed by atoms with Gasteiger partial charge in [0, 0.05) is 12.6 Å². The third-order valence-corrected chi connectivity index (χ3v) is 7.33. The summed E-state index contributed by atoms with van der Waals surface area (Å²) in [4.78, 5) is 28.0. The van der Waals surface area contributed by atoms with Crippen molar-refractivity contribution in [1.82, 2.24) is 10.2 Å². The molecule has 0 aliphatic carbocycles. The van der Waals surface area contributed by atoms with Gasteiger partial charge < -0.3 is 10.2 Å². The van der Waals surface area contributed by atoms with E-state index in [4.69, 9.17) is 23.2 Å². The highest BCUT2D eigenvalue weighted by atomic mass is 35.5. The zero-order valence-corrected chi connectivity index (χ0v) is 22.1. The minimum Gasteiger partial charge on any atom is -0.352 e. The van der Waals surface area contributed by atoms with Crippen LogP contribution >= 0.6 is 23.2 Å². The fourth-order valence-corrected chi connectivity index (χ4v) is 4.53. The lowest BCUT2D eigenvalue weighted by Gasteiger charge is -2.33. The van der Waals surface area contributed by atoms with Crippen LogP contribution in [0.5, 0.6) is 0 Å². The predicted octanol–water partition coefficient (Wildman–Crippen LogP) is 4.48. The number of hydrogen-bond donors (Lipinski definition) is 1. The van der Waals surface area contributed by atoms with Gasteiger partial charge in [0.1, 0.15) is 12.6 Å². The van der Waals surface area contributed by atoms with Gasteiger partial charge in [0.05, 0.1) is 22.0 Å². The van der Waals surface area contributed by atoms with Crippen molar-refractivity contribution in [2.24, 2.45) is 0 Å². The Morgan fingerprint density at radius 2 is 1.65 bits per heavy atom. The second-order valence-corrected chi connectivity index (χ2v) is 10.8. The van der Waals surface area contributed by atoms with Crippen LogP contribution in [-0.4, -0.2) is 50.0 Å². The van der Waals surface area contributed by atoms with E-state index in [0.717, 1.165) is 22.5 Å². The Labute approximate surface area is 212 Å². The lowest BCUT2D eigenvalue weighted by Crippen LogP contribution is -2.53. The smallest absolute Gasteiger partial charge is 0.244 e. The normalized spacial score (nSPS) is 13.1. The number of hydrogen-bond acceptors (Lipinski definition) is 4. The van der Waals surface area contributed by atoms with Crippen LogP contribution in [0.15, 0.2) is 48.5 Å². The number of amides is 2. The van der Waals surface area contributed by atoms with Gasteiger partial charge >= 0.3 is 0 Å². The molecule has 0 heterocycles. The summed E-state index contributed by atoms with van der Waals surface area (Å²) in [7, 11) is -3.84. The molecule has 2 rings (SSSR count). The second kappa shape index (κ2) is 12.4. The first-order valence-electron chi connectivity index (χ1n) is 11.0. The van der Waals surface area contributed by atoms with Gasteiger partial charge in [0.15, 0.2) is 0 Å². The standard InChI is InChI=1S/C24H31Cl2N3O4S/c1-5-17(3)27-24(31)22(6-2)28(15-18-10-8-7-9-11-18)23(30)16-29(34(4,32)33)19-12-13-20(25)21(26)14-19/h7-14,17,22H,5-6,15-16H2,1-4H3,(H,27,31)/t17-,22-/m1/s1. The van der Waals surface area contributed by atoms with E-state index in [0.29, 0.717) is 6.42 Å². The highest BCUT2D eigenvalue weighted by molar-refractivity contribution is 7.92. The maximum Gasteiger partial charge on any atom is 0.244 e. The number of anilines is 1. The minimum absolute atomic E-state index is 0.0565. The van der Waals surface area contributed by atoms with Gasteiger partial charge in [-0.1, -0.05) is 67.4 Å². The molecule has 0 bridgehead atoms. The van der Waals surface area contributed by atoms with Gasteiger partial charge in [-0.15, -0.1) is 0 Å². The summed E-state index contributed by atoms with van der Waals surface area (Å²) in [6, 6.07) is 12.8. The molecule has 2 aromatic rings. The van der Waals surface area contributed by atoms with Crippen LogP contribution in [0.3, 0.4) is 0 Å². The first-order chi connectivity index (χ1) is 16.0. The summed E-state index contributed by atoms with van der Waals surface area (Å²) >= 11 is 12.1. The van der Waals surface area contributed by atoms with Gasteiger partial charge in [0.25, 0.3) is 0 Å². The molecule has 0 fully saturated rings. The Morgan fingerprint density at radius 3 is 2.18 bits per heavy atom. The zero-order chi connectivity index (χ0) is 25.5. The molecule has 0 saturated carbocycles. The van der Waals surface area contributed by atoms with Crippen LogP contribution in [0.1, 0.15) is 39.2 Å². The molecular formula is C24H31Cl2N3O4S. The number of benzene rings is 2. The van der Waals surface area contributed by atoms with Crippen LogP contribution < -0.4 is 9.62 Å². The fraction of sp³-hybridized carbons (Fsp3) is 0.417. The first-order valence-corrected chi connectivity index (χ1v) is 13.6. The summed E-state index contributed by atoms with van der Waals surface area (Å²) < 4.78 is 26.2. The van der Waals surface area contributed by atoms with Crippen LogP contribution in [0.25, 0.3) is 0 Å². The van der Waals surface area contributed by atoms with Crippen molar-refractivity contribution in [1.29, 1.82) is 0 Å². The largest absolute Gasteiger partial charge is 0.352 e. The van der Waals surface area contributed by atoms with Crippen molar-refractivity contribution in [3.8, 4) is 0 Å². The molecule has 0 radical (unpaired) electrons. The third-order valence-electron chi connectivity index (χ3n) is 5.45. The van der Waals surface area contributed by atoms with Gasteiger partial charge in [-0.2, -0.15) is 0 Å².